The van der Waals surface area contributed by atoms with Crippen molar-refractivity contribution in [2.24, 2.45) is 0 Å². The lowest BCUT2D eigenvalue weighted by atomic mass is 10.2. The number of carbonyl (C=O) groups is 1. The topological polar surface area (TPSA) is 65.5 Å². The van der Waals surface area contributed by atoms with Crippen LogP contribution < -0.4 is 5.32 Å². The van der Waals surface area contributed by atoms with Crippen molar-refractivity contribution in [3.8, 4) is 11.8 Å². The van der Waals surface area contributed by atoms with Gasteiger partial charge in [0.25, 0.3) is 0 Å². The summed E-state index contributed by atoms with van der Waals surface area (Å²) in [5.41, 5.74) is 0.752. The quantitative estimate of drug-likeness (QED) is 0.746. The largest absolute Gasteiger partial charge is 0.395 e. The number of rotatable bonds is 2. The highest BCUT2D eigenvalue weighted by Gasteiger charge is 2.04. The first-order chi connectivity index (χ1) is 8.13. The molecule has 2 N–H and O–H groups in total. The molecule has 2 amide bonds. The first-order valence-electron chi connectivity index (χ1n) is 5.17. The highest BCUT2D eigenvalue weighted by atomic mass is 16.2. The van der Waals surface area contributed by atoms with Crippen molar-refractivity contribution in [1.29, 1.82) is 0 Å². The number of hydrogen-bond donors (Lipinski definition) is 2. The van der Waals surface area contributed by atoms with Crippen LogP contribution in [0, 0.1) is 11.8 Å². The summed E-state index contributed by atoms with van der Waals surface area (Å²) in [5, 5.41) is 11.2. The zero-order valence-electron chi connectivity index (χ0n) is 9.90. The number of urea groups is 1. The smallest absolute Gasteiger partial charge is 0.322 e. The third kappa shape index (κ3) is 4.53. The standard InChI is InChI=1S/C12H15N3O2/c1-15(2)12(17)14-11-9-10(6-7-13-11)5-3-4-8-16/h6-7,9,16H,4,8H2,1-2H3,(H,13,14,17). The van der Waals surface area contributed by atoms with Gasteiger partial charge < -0.3 is 10.0 Å². The molecule has 1 rings (SSSR count). The minimum atomic E-state index is -0.238. The fraction of sp³-hybridized carbons (Fsp3) is 0.333. The van der Waals surface area contributed by atoms with E-state index in [1.807, 2.05) is 0 Å². The molecule has 0 aromatic carbocycles. The second-order valence-corrected chi connectivity index (χ2v) is 3.53. The number of aliphatic hydroxyl groups is 1. The van der Waals surface area contributed by atoms with Gasteiger partial charge in [0, 0.05) is 32.3 Å². The Morgan fingerprint density at radius 3 is 3.00 bits per heavy atom. The monoisotopic (exact) mass is 233 g/mol. The highest BCUT2D eigenvalue weighted by molar-refractivity contribution is 5.88. The Bertz CT molecular complexity index is 447. The summed E-state index contributed by atoms with van der Waals surface area (Å²) in [5.74, 6) is 6.14. The van der Waals surface area contributed by atoms with Gasteiger partial charge in [0.1, 0.15) is 5.82 Å². The van der Waals surface area contributed by atoms with Crippen LogP contribution in [0.4, 0.5) is 10.6 Å². The van der Waals surface area contributed by atoms with Crippen LogP contribution in [0.5, 0.6) is 0 Å². The molecule has 17 heavy (non-hydrogen) atoms. The maximum atomic E-state index is 11.4. The number of pyridine rings is 1. The number of nitrogens with one attached hydrogen (secondary N) is 1. The van der Waals surface area contributed by atoms with Crippen LogP contribution in [0.1, 0.15) is 12.0 Å². The molecule has 0 aliphatic carbocycles. The average Bonchev–Trinajstić information content (AvgIpc) is 2.30. The Balaban J connectivity index is 2.73. The van der Waals surface area contributed by atoms with Gasteiger partial charge in [-0.15, -0.1) is 0 Å². The molecule has 0 unspecified atom stereocenters. The molecule has 1 aromatic heterocycles. The molecule has 0 aliphatic heterocycles. The summed E-state index contributed by atoms with van der Waals surface area (Å²) in [6, 6.07) is 3.19. The predicted molar refractivity (Wildman–Crippen MR) is 65.5 cm³/mol. The van der Waals surface area contributed by atoms with Gasteiger partial charge in [0.05, 0.1) is 6.61 Å². The Kier molecular flexibility index (Phi) is 4.98. The summed E-state index contributed by atoms with van der Waals surface area (Å²) in [6.45, 7) is 0.0440. The predicted octanol–water partition coefficient (Wildman–Crippen LogP) is 0.909. The van der Waals surface area contributed by atoms with Gasteiger partial charge >= 0.3 is 6.03 Å². The number of hydrogen-bond acceptors (Lipinski definition) is 3. The minimum Gasteiger partial charge on any atom is -0.395 e. The average molecular weight is 233 g/mol. The van der Waals surface area contributed by atoms with E-state index in [0.717, 1.165) is 5.56 Å². The molecule has 0 saturated carbocycles. The first-order valence-corrected chi connectivity index (χ1v) is 5.17. The molecule has 5 heteroatoms. The van der Waals surface area contributed by atoms with Crippen molar-refractivity contribution in [1.82, 2.24) is 9.88 Å². The molecule has 0 bridgehead atoms. The van der Waals surface area contributed by atoms with E-state index in [1.54, 1.807) is 32.4 Å². The molecule has 0 spiro atoms. The zero-order chi connectivity index (χ0) is 12.7. The van der Waals surface area contributed by atoms with Crippen LogP contribution in [-0.2, 0) is 0 Å². The molecule has 0 fully saturated rings. The second-order valence-electron chi connectivity index (χ2n) is 3.53. The maximum absolute atomic E-state index is 11.4. The Hall–Kier alpha value is -2.06. The Morgan fingerprint density at radius 1 is 1.59 bits per heavy atom. The Morgan fingerprint density at radius 2 is 2.35 bits per heavy atom. The number of aliphatic hydroxyl groups excluding tert-OH is 1. The number of amides is 2. The van der Waals surface area contributed by atoms with E-state index in [4.69, 9.17) is 5.11 Å². The van der Waals surface area contributed by atoms with Crippen molar-refractivity contribution < 1.29 is 9.90 Å². The van der Waals surface area contributed by atoms with Crippen LogP contribution in [0.15, 0.2) is 18.3 Å². The van der Waals surface area contributed by atoms with Crippen LogP contribution in [0.2, 0.25) is 0 Å². The van der Waals surface area contributed by atoms with Crippen LogP contribution in [0.3, 0.4) is 0 Å². The lowest BCUT2D eigenvalue weighted by Gasteiger charge is -2.11. The van der Waals surface area contributed by atoms with E-state index in [0.29, 0.717) is 12.2 Å². The number of anilines is 1. The van der Waals surface area contributed by atoms with Crippen molar-refractivity contribution in [2.45, 2.75) is 6.42 Å². The molecule has 90 valence electrons. The fourth-order valence-electron chi connectivity index (χ4n) is 1.02. The lowest BCUT2D eigenvalue weighted by Crippen LogP contribution is -2.27. The van der Waals surface area contributed by atoms with Crippen LogP contribution in [0.25, 0.3) is 0 Å². The van der Waals surface area contributed by atoms with Gasteiger partial charge in [-0.05, 0) is 12.1 Å². The van der Waals surface area contributed by atoms with E-state index in [9.17, 15) is 4.79 Å². The molecular formula is C12H15N3O2. The molecule has 0 radical (unpaired) electrons. The highest BCUT2D eigenvalue weighted by Crippen LogP contribution is 2.06. The molecule has 0 saturated heterocycles. The van der Waals surface area contributed by atoms with Gasteiger partial charge in [-0.2, -0.15) is 0 Å². The molecule has 0 aliphatic rings. The van der Waals surface area contributed by atoms with E-state index >= 15 is 0 Å². The Labute approximate surface area is 100 Å². The molecule has 5 nitrogen and oxygen atoms in total. The van der Waals surface area contributed by atoms with Crippen LogP contribution >= 0.6 is 0 Å². The van der Waals surface area contributed by atoms with Gasteiger partial charge in [-0.25, -0.2) is 9.78 Å². The van der Waals surface area contributed by atoms with E-state index in [1.165, 1.54) is 4.90 Å². The van der Waals surface area contributed by atoms with E-state index in [2.05, 4.69) is 22.1 Å². The second kappa shape index (κ2) is 6.51. The third-order valence-electron chi connectivity index (χ3n) is 1.87. The van der Waals surface area contributed by atoms with Crippen molar-refractivity contribution in [3.63, 3.8) is 0 Å². The maximum Gasteiger partial charge on any atom is 0.322 e. The summed E-state index contributed by atoms with van der Waals surface area (Å²) in [7, 11) is 3.31. The molecule has 1 aromatic rings. The normalized spacial score (nSPS) is 9.12. The molecular weight excluding hydrogens is 218 g/mol. The van der Waals surface area contributed by atoms with Crippen molar-refractivity contribution in [3.05, 3.63) is 23.9 Å². The summed E-state index contributed by atoms with van der Waals surface area (Å²) >= 11 is 0. The van der Waals surface area contributed by atoms with E-state index < -0.39 is 0 Å². The van der Waals surface area contributed by atoms with E-state index in [-0.39, 0.29) is 12.6 Å². The van der Waals surface area contributed by atoms with Crippen molar-refractivity contribution >= 4 is 11.8 Å². The summed E-state index contributed by atoms with van der Waals surface area (Å²) in [6.07, 6.45) is 2.01. The number of aromatic nitrogens is 1. The summed E-state index contributed by atoms with van der Waals surface area (Å²) < 4.78 is 0. The van der Waals surface area contributed by atoms with Gasteiger partial charge in [0.2, 0.25) is 0 Å². The first kappa shape index (κ1) is 13.0. The summed E-state index contributed by atoms with van der Waals surface area (Å²) in [4.78, 5) is 16.8. The molecule has 1 heterocycles. The number of nitrogens with zero attached hydrogens (tertiary/aromatic N) is 2. The minimum absolute atomic E-state index is 0.0440. The third-order valence-corrected chi connectivity index (χ3v) is 1.87. The van der Waals surface area contributed by atoms with Crippen molar-refractivity contribution in [2.75, 3.05) is 26.0 Å². The van der Waals surface area contributed by atoms with Gasteiger partial charge in [-0.1, -0.05) is 11.8 Å². The van der Waals surface area contributed by atoms with Gasteiger partial charge in [0.15, 0.2) is 0 Å². The lowest BCUT2D eigenvalue weighted by molar-refractivity contribution is 0.230. The van der Waals surface area contributed by atoms with Gasteiger partial charge in [-0.3, -0.25) is 5.32 Å². The zero-order valence-corrected chi connectivity index (χ0v) is 9.90. The van der Waals surface area contributed by atoms with Crippen LogP contribution in [-0.4, -0.2) is 41.7 Å². The molecule has 0 atom stereocenters. The number of carbonyl (C=O) groups excluding carboxylic acids is 1. The fourth-order valence-corrected chi connectivity index (χ4v) is 1.02. The SMILES string of the molecule is CN(C)C(=O)Nc1cc(C#CCCO)ccn1.